The number of rotatable bonds is 3. The Morgan fingerprint density at radius 3 is 2.76 bits per heavy atom. The van der Waals surface area contributed by atoms with Crippen molar-refractivity contribution in [3.63, 3.8) is 0 Å². The fourth-order valence-corrected chi connectivity index (χ4v) is 3.20. The molecular weight excluding hydrogens is 290 g/mol. The maximum Gasteiger partial charge on any atom is 0.223 e. The molecule has 1 heterocycles. The molecule has 4 nitrogen and oxygen atoms in total. The summed E-state index contributed by atoms with van der Waals surface area (Å²) in [6.45, 7) is 1.72. The zero-order valence-corrected chi connectivity index (χ0v) is 12.7. The fourth-order valence-electron chi connectivity index (χ4n) is 2.91. The number of hydrogen-bond donors (Lipinski definition) is 1. The minimum absolute atomic E-state index is 0.149. The summed E-state index contributed by atoms with van der Waals surface area (Å²) in [5.74, 6) is 1.61. The lowest BCUT2D eigenvalue weighted by Gasteiger charge is -2.13. The van der Waals surface area contributed by atoms with Crippen LogP contribution in [0, 0.1) is 5.92 Å². The number of fused-ring (bicyclic) bond motifs is 1. The Morgan fingerprint density at radius 1 is 1.19 bits per heavy atom. The highest BCUT2D eigenvalue weighted by Crippen LogP contribution is 2.38. The third kappa shape index (κ3) is 3.43. The number of ether oxygens (including phenoxy) is 2. The van der Waals surface area contributed by atoms with Crippen LogP contribution in [0.5, 0.6) is 11.5 Å². The summed E-state index contributed by atoms with van der Waals surface area (Å²) in [6, 6.07) is 3.74. The second kappa shape index (κ2) is 6.56. The molecule has 1 aromatic carbocycles. The Kier molecular flexibility index (Phi) is 4.54. The number of halogens is 1. The van der Waals surface area contributed by atoms with Gasteiger partial charge in [0.15, 0.2) is 11.5 Å². The van der Waals surface area contributed by atoms with Gasteiger partial charge >= 0.3 is 0 Å². The van der Waals surface area contributed by atoms with Crippen LogP contribution in [0.2, 0.25) is 5.02 Å². The fraction of sp³-hybridized carbons (Fsp3) is 0.562. The van der Waals surface area contributed by atoms with E-state index >= 15 is 0 Å². The van der Waals surface area contributed by atoms with Crippen LogP contribution in [0.1, 0.15) is 37.7 Å². The highest BCUT2D eigenvalue weighted by Gasteiger charge is 2.22. The van der Waals surface area contributed by atoms with Gasteiger partial charge in [0.05, 0.1) is 18.2 Å². The molecule has 1 aliphatic heterocycles. The third-order valence-corrected chi connectivity index (χ3v) is 4.34. The number of amides is 1. The second-order valence-electron chi connectivity index (χ2n) is 5.65. The van der Waals surface area contributed by atoms with Gasteiger partial charge in [0.1, 0.15) is 0 Å². The number of nitrogens with one attached hydrogen (secondary N) is 1. The van der Waals surface area contributed by atoms with Gasteiger partial charge in [-0.05, 0) is 30.5 Å². The van der Waals surface area contributed by atoms with Gasteiger partial charge in [0, 0.05) is 18.9 Å². The Morgan fingerprint density at radius 2 is 1.95 bits per heavy atom. The largest absolute Gasteiger partial charge is 0.489 e. The van der Waals surface area contributed by atoms with E-state index < -0.39 is 0 Å². The molecule has 1 fully saturated rings. The Bertz CT molecular complexity index is 526. The molecule has 5 heteroatoms. The number of carbonyl (C=O) groups excluding carboxylic acids is 1. The van der Waals surface area contributed by atoms with Crippen LogP contribution >= 0.6 is 11.6 Å². The quantitative estimate of drug-likeness (QED) is 0.932. The summed E-state index contributed by atoms with van der Waals surface area (Å²) in [4.78, 5) is 12.0. The first-order valence-electron chi connectivity index (χ1n) is 7.60. The summed E-state index contributed by atoms with van der Waals surface area (Å²) in [7, 11) is 0. The average Bonchev–Trinajstić information content (AvgIpc) is 2.91. The predicted molar refractivity (Wildman–Crippen MR) is 80.9 cm³/mol. The Hall–Kier alpha value is -1.42. The van der Waals surface area contributed by atoms with Crippen molar-refractivity contribution >= 4 is 17.5 Å². The molecule has 1 aromatic rings. The molecular formula is C16H20ClNO3. The van der Waals surface area contributed by atoms with E-state index in [4.69, 9.17) is 21.1 Å². The molecule has 114 valence electrons. The van der Waals surface area contributed by atoms with Gasteiger partial charge in [-0.25, -0.2) is 0 Å². The molecule has 1 aliphatic carbocycles. The molecule has 0 radical (unpaired) electrons. The van der Waals surface area contributed by atoms with Gasteiger partial charge < -0.3 is 14.8 Å². The van der Waals surface area contributed by atoms with E-state index in [1.807, 2.05) is 12.1 Å². The molecule has 1 N–H and O–H groups in total. The lowest BCUT2D eigenvalue weighted by atomic mass is 10.1. The van der Waals surface area contributed by atoms with Crippen molar-refractivity contribution in [3.05, 3.63) is 22.7 Å². The molecule has 3 rings (SSSR count). The molecule has 0 spiro atoms. The van der Waals surface area contributed by atoms with Crippen molar-refractivity contribution in [3.8, 4) is 11.5 Å². The van der Waals surface area contributed by atoms with E-state index in [0.717, 1.165) is 37.7 Å². The van der Waals surface area contributed by atoms with Crippen LogP contribution in [0.3, 0.4) is 0 Å². The molecule has 0 aromatic heterocycles. The lowest BCUT2D eigenvalue weighted by molar-refractivity contribution is -0.124. The first-order chi connectivity index (χ1) is 10.2. The molecule has 2 aliphatic rings. The minimum atomic E-state index is 0.149. The minimum Gasteiger partial charge on any atom is -0.489 e. The van der Waals surface area contributed by atoms with Crippen molar-refractivity contribution in [2.75, 3.05) is 13.2 Å². The van der Waals surface area contributed by atoms with E-state index in [-0.39, 0.29) is 11.8 Å². The molecule has 0 unspecified atom stereocenters. The van der Waals surface area contributed by atoms with Gasteiger partial charge in [-0.3, -0.25) is 4.79 Å². The van der Waals surface area contributed by atoms with Crippen molar-refractivity contribution in [2.24, 2.45) is 5.92 Å². The predicted octanol–water partition coefficient (Wildman–Crippen LogP) is 3.31. The van der Waals surface area contributed by atoms with E-state index in [1.54, 1.807) is 0 Å². The molecule has 0 atom stereocenters. The van der Waals surface area contributed by atoms with Gasteiger partial charge in [0.2, 0.25) is 5.91 Å². The maximum absolute atomic E-state index is 12.0. The van der Waals surface area contributed by atoms with Crippen LogP contribution in [-0.2, 0) is 11.3 Å². The standard InChI is InChI=1S/C16H20ClNO3/c17-13-8-11(9-14-15(13)21-7-3-6-20-14)10-18-16(19)12-4-1-2-5-12/h8-9,12H,1-7,10H2,(H,18,19). The highest BCUT2D eigenvalue weighted by molar-refractivity contribution is 6.32. The van der Waals surface area contributed by atoms with Crippen LogP contribution in [-0.4, -0.2) is 19.1 Å². The van der Waals surface area contributed by atoms with E-state index in [2.05, 4.69) is 5.32 Å². The van der Waals surface area contributed by atoms with Crippen LogP contribution < -0.4 is 14.8 Å². The van der Waals surface area contributed by atoms with E-state index in [0.29, 0.717) is 36.3 Å². The Labute approximate surface area is 129 Å². The van der Waals surface area contributed by atoms with Crippen molar-refractivity contribution < 1.29 is 14.3 Å². The average molecular weight is 310 g/mol. The molecule has 0 saturated heterocycles. The first-order valence-corrected chi connectivity index (χ1v) is 7.97. The SMILES string of the molecule is O=C(NCc1cc(Cl)c2c(c1)OCCCO2)C1CCCC1. The highest BCUT2D eigenvalue weighted by atomic mass is 35.5. The van der Waals surface area contributed by atoms with Gasteiger partial charge in [-0.15, -0.1) is 0 Å². The molecule has 21 heavy (non-hydrogen) atoms. The zero-order valence-electron chi connectivity index (χ0n) is 12.0. The molecule has 1 amide bonds. The van der Waals surface area contributed by atoms with Crippen LogP contribution in [0.25, 0.3) is 0 Å². The summed E-state index contributed by atoms with van der Waals surface area (Å²) in [6.07, 6.45) is 5.18. The summed E-state index contributed by atoms with van der Waals surface area (Å²) in [5, 5.41) is 3.54. The van der Waals surface area contributed by atoms with Gasteiger partial charge in [-0.1, -0.05) is 24.4 Å². The van der Waals surface area contributed by atoms with E-state index in [9.17, 15) is 4.79 Å². The first kappa shape index (κ1) is 14.5. The number of carbonyl (C=O) groups is 1. The summed E-state index contributed by atoms with van der Waals surface area (Å²) < 4.78 is 11.3. The molecule has 1 saturated carbocycles. The summed E-state index contributed by atoms with van der Waals surface area (Å²) in [5.41, 5.74) is 0.940. The zero-order chi connectivity index (χ0) is 14.7. The number of hydrogen-bond acceptors (Lipinski definition) is 3. The smallest absolute Gasteiger partial charge is 0.223 e. The van der Waals surface area contributed by atoms with Crippen LogP contribution in [0.15, 0.2) is 12.1 Å². The van der Waals surface area contributed by atoms with Crippen molar-refractivity contribution in [2.45, 2.75) is 38.6 Å². The van der Waals surface area contributed by atoms with Crippen molar-refractivity contribution in [1.29, 1.82) is 0 Å². The normalized spacial score (nSPS) is 18.3. The van der Waals surface area contributed by atoms with Crippen molar-refractivity contribution in [1.82, 2.24) is 5.32 Å². The van der Waals surface area contributed by atoms with Gasteiger partial charge in [-0.2, -0.15) is 0 Å². The van der Waals surface area contributed by atoms with E-state index in [1.165, 1.54) is 0 Å². The lowest BCUT2D eigenvalue weighted by Crippen LogP contribution is -2.28. The monoisotopic (exact) mass is 309 g/mol. The third-order valence-electron chi connectivity index (χ3n) is 4.05. The number of benzene rings is 1. The second-order valence-corrected chi connectivity index (χ2v) is 6.06. The maximum atomic E-state index is 12.0. The Balaban J connectivity index is 1.66. The topological polar surface area (TPSA) is 47.6 Å². The summed E-state index contributed by atoms with van der Waals surface area (Å²) >= 11 is 6.24. The van der Waals surface area contributed by atoms with Crippen LogP contribution in [0.4, 0.5) is 0 Å². The molecule has 0 bridgehead atoms. The van der Waals surface area contributed by atoms with Gasteiger partial charge in [0.25, 0.3) is 0 Å².